The Kier molecular flexibility index (Phi) is 6.58. The van der Waals surface area contributed by atoms with Crippen molar-refractivity contribution < 1.29 is 5.11 Å². The first-order chi connectivity index (χ1) is 7.72. The van der Waals surface area contributed by atoms with Crippen molar-refractivity contribution >= 4 is 11.8 Å². The van der Waals surface area contributed by atoms with E-state index in [1.54, 1.807) is 0 Å². The van der Waals surface area contributed by atoms with Crippen LogP contribution in [0, 0.1) is 13.8 Å². The molecular weight excluding hydrogens is 216 g/mol. The number of hydrogen-bond donors (Lipinski definition) is 1. The van der Waals surface area contributed by atoms with Gasteiger partial charge in [-0.25, -0.2) is 0 Å². The first-order valence-electron chi connectivity index (χ1n) is 5.98. The molecule has 0 fully saturated rings. The van der Waals surface area contributed by atoms with Gasteiger partial charge in [0, 0.05) is 12.4 Å². The Morgan fingerprint density at radius 1 is 1.00 bits per heavy atom. The third-order valence-electron chi connectivity index (χ3n) is 2.50. The minimum atomic E-state index is 0.335. The molecule has 0 bridgehead atoms. The van der Waals surface area contributed by atoms with Crippen molar-refractivity contribution in [2.45, 2.75) is 38.9 Å². The van der Waals surface area contributed by atoms with Crippen LogP contribution < -0.4 is 0 Å². The maximum atomic E-state index is 8.66. The number of aliphatic hydroxyl groups excluding tert-OH is 1. The highest BCUT2D eigenvalue weighted by molar-refractivity contribution is 7.98. The summed E-state index contributed by atoms with van der Waals surface area (Å²) in [5.74, 6) is 2.31. The van der Waals surface area contributed by atoms with Gasteiger partial charge in [-0.05, 0) is 38.0 Å². The number of hydrogen-bond acceptors (Lipinski definition) is 2. The Morgan fingerprint density at radius 2 is 1.69 bits per heavy atom. The molecule has 0 amide bonds. The smallest absolute Gasteiger partial charge is 0.0431 e. The van der Waals surface area contributed by atoms with E-state index in [9.17, 15) is 0 Å². The van der Waals surface area contributed by atoms with Crippen molar-refractivity contribution in [3.8, 4) is 0 Å². The zero-order valence-corrected chi connectivity index (χ0v) is 11.1. The van der Waals surface area contributed by atoms with Gasteiger partial charge >= 0.3 is 0 Å². The van der Waals surface area contributed by atoms with Gasteiger partial charge in [-0.3, -0.25) is 0 Å². The van der Waals surface area contributed by atoms with Crippen LogP contribution in [0.15, 0.2) is 18.2 Å². The quantitative estimate of drug-likeness (QED) is 0.731. The zero-order chi connectivity index (χ0) is 11.8. The molecule has 16 heavy (non-hydrogen) atoms. The van der Waals surface area contributed by atoms with Gasteiger partial charge in [0.05, 0.1) is 0 Å². The van der Waals surface area contributed by atoms with Crippen LogP contribution in [0.1, 0.15) is 36.0 Å². The minimum absolute atomic E-state index is 0.335. The first-order valence-corrected chi connectivity index (χ1v) is 7.13. The summed E-state index contributed by atoms with van der Waals surface area (Å²) >= 11 is 1.99. The van der Waals surface area contributed by atoms with Gasteiger partial charge in [0.1, 0.15) is 0 Å². The van der Waals surface area contributed by atoms with Gasteiger partial charge in [0.25, 0.3) is 0 Å². The second-order valence-electron chi connectivity index (χ2n) is 4.33. The molecule has 0 saturated heterocycles. The summed E-state index contributed by atoms with van der Waals surface area (Å²) < 4.78 is 0. The molecule has 1 rings (SSSR count). The molecule has 1 aromatic rings. The average Bonchev–Trinajstić information content (AvgIpc) is 2.22. The zero-order valence-electron chi connectivity index (χ0n) is 10.3. The van der Waals surface area contributed by atoms with E-state index in [1.165, 1.54) is 28.9 Å². The number of aliphatic hydroxyl groups is 1. The normalized spacial score (nSPS) is 10.7. The van der Waals surface area contributed by atoms with E-state index < -0.39 is 0 Å². The first kappa shape index (κ1) is 13.6. The van der Waals surface area contributed by atoms with Crippen LogP contribution in [0.25, 0.3) is 0 Å². The lowest BCUT2D eigenvalue weighted by Gasteiger charge is -2.05. The number of benzene rings is 1. The van der Waals surface area contributed by atoms with Gasteiger partial charge in [0.15, 0.2) is 0 Å². The number of aryl methyl sites for hydroxylation is 2. The van der Waals surface area contributed by atoms with Crippen LogP contribution in [0.4, 0.5) is 0 Å². The summed E-state index contributed by atoms with van der Waals surface area (Å²) in [7, 11) is 0. The Balaban J connectivity index is 2.21. The molecule has 0 aliphatic rings. The molecule has 1 aromatic carbocycles. The van der Waals surface area contributed by atoms with Gasteiger partial charge < -0.3 is 5.11 Å². The summed E-state index contributed by atoms with van der Waals surface area (Å²) in [6, 6.07) is 6.76. The van der Waals surface area contributed by atoms with Crippen molar-refractivity contribution in [3.63, 3.8) is 0 Å². The van der Waals surface area contributed by atoms with Crippen molar-refractivity contribution in [1.29, 1.82) is 0 Å². The highest BCUT2D eigenvalue weighted by Crippen LogP contribution is 2.17. The number of rotatable bonds is 7. The van der Waals surface area contributed by atoms with Crippen LogP contribution in [-0.4, -0.2) is 17.5 Å². The lowest BCUT2D eigenvalue weighted by molar-refractivity contribution is 0.284. The third-order valence-corrected chi connectivity index (χ3v) is 3.61. The van der Waals surface area contributed by atoms with Gasteiger partial charge in [-0.15, -0.1) is 0 Å². The van der Waals surface area contributed by atoms with E-state index in [2.05, 4.69) is 32.0 Å². The van der Waals surface area contributed by atoms with E-state index in [0.29, 0.717) is 6.61 Å². The molecule has 0 heterocycles. The van der Waals surface area contributed by atoms with Crippen LogP contribution in [0.3, 0.4) is 0 Å². The Bertz CT molecular complexity index is 289. The lowest BCUT2D eigenvalue weighted by atomic mass is 10.1. The molecule has 2 heteroatoms. The molecule has 90 valence electrons. The Labute approximate surface area is 103 Å². The van der Waals surface area contributed by atoms with Crippen molar-refractivity contribution in [1.82, 2.24) is 0 Å². The summed E-state index contributed by atoms with van der Waals surface area (Å²) in [5.41, 5.74) is 4.15. The van der Waals surface area contributed by atoms with Crippen molar-refractivity contribution in [3.05, 3.63) is 34.9 Å². The van der Waals surface area contributed by atoms with E-state index in [-0.39, 0.29) is 0 Å². The standard InChI is InChI=1S/C14H22OS/c1-12-8-13(2)10-14(9-12)11-16-7-5-3-4-6-15/h8-10,15H,3-7,11H2,1-2H3. The summed E-state index contributed by atoms with van der Waals surface area (Å²) in [5, 5.41) is 8.66. The maximum absolute atomic E-state index is 8.66. The molecular formula is C14H22OS. The van der Waals surface area contributed by atoms with Gasteiger partial charge in [0.2, 0.25) is 0 Å². The summed E-state index contributed by atoms with van der Waals surface area (Å²) in [6.45, 7) is 4.65. The van der Waals surface area contributed by atoms with E-state index >= 15 is 0 Å². The predicted octanol–water partition coefficient (Wildman–Crippen LogP) is 3.70. The van der Waals surface area contributed by atoms with Gasteiger partial charge in [-0.2, -0.15) is 11.8 Å². The lowest BCUT2D eigenvalue weighted by Crippen LogP contribution is -1.88. The molecule has 0 saturated carbocycles. The van der Waals surface area contributed by atoms with Crippen LogP contribution in [-0.2, 0) is 5.75 Å². The van der Waals surface area contributed by atoms with Crippen LogP contribution in [0.2, 0.25) is 0 Å². The van der Waals surface area contributed by atoms with Crippen molar-refractivity contribution in [2.75, 3.05) is 12.4 Å². The molecule has 0 spiro atoms. The molecule has 1 nitrogen and oxygen atoms in total. The molecule has 0 aliphatic heterocycles. The fraction of sp³-hybridized carbons (Fsp3) is 0.571. The number of thioether (sulfide) groups is 1. The fourth-order valence-electron chi connectivity index (χ4n) is 1.84. The SMILES string of the molecule is Cc1cc(C)cc(CSCCCCCO)c1. The molecule has 0 aromatic heterocycles. The predicted molar refractivity (Wildman–Crippen MR) is 73.0 cm³/mol. The minimum Gasteiger partial charge on any atom is -0.396 e. The third kappa shape index (κ3) is 5.57. The molecule has 0 atom stereocenters. The van der Waals surface area contributed by atoms with Crippen LogP contribution in [0.5, 0.6) is 0 Å². The summed E-state index contributed by atoms with van der Waals surface area (Å²) in [6.07, 6.45) is 3.32. The largest absolute Gasteiger partial charge is 0.396 e. The molecule has 1 N–H and O–H groups in total. The molecule has 0 unspecified atom stereocenters. The Morgan fingerprint density at radius 3 is 2.31 bits per heavy atom. The average molecular weight is 238 g/mol. The number of unbranched alkanes of at least 4 members (excludes halogenated alkanes) is 2. The monoisotopic (exact) mass is 238 g/mol. The second-order valence-corrected chi connectivity index (χ2v) is 5.44. The highest BCUT2D eigenvalue weighted by Gasteiger charge is 1.96. The summed E-state index contributed by atoms with van der Waals surface area (Å²) in [4.78, 5) is 0. The van der Waals surface area contributed by atoms with Crippen molar-refractivity contribution in [2.24, 2.45) is 0 Å². The topological polar surface area (TPSA) is 20.2 Å². The molecule has 0 aliphatic carbocycles. The Hall–Kier alpha value is -0.470. The fourth-order valence-corrected chi connectivity index (χ4v) is 2.79. The van der Waals surface area contributed by atoms with Gasteiger partial charge in [-0.1, -0.05) is 35.7 Å². The maximum Gasteiger partial charge on any atom is 0.0431 e. The van der Waals surface area contributed by atoms with E-state index in [1.807, 2.05) is 11.8 Å². The van der Waals surface area contributed by atoms with E-state index in [4.69, 9.17) is 5.11 Å². The van der Waals surface area contributed by atoms with Crippen LogP contribution >= 0.6 is 11.8 Å². The van der Waals surface area contributed by atoms with E-state index in [0.717, 1.165) is 18.6 Å². The molecule has 0 radical (unpaired) electrons. The highest BCUT2D eigenvalue weighted by atomic mass is 32.2. The second kappa shape index (κ2) is 7.75.